The third-order valence-electron chi connectivity index (χ3n) is 18.2. The molecule has 362 valence electrons. The number of carbonyl (C=O) groups excluding carboxylic acids is 4. The Morgan fingerprint density at radius 1 is 0.925 bits per heavy atom. The first kappa shape index (κ1) is 45.0. The Kier molecular flexibility index (Phi) is 11.2. The molecule has 11 rings (SSSR count). The summed E-state index contributed by atoms with van der Waals surface area (Å²) < 4.78 is 48.3. The fourth-order valence-corrected chi connectivity index (χ4v) is 14.6. The van der Waals surface area contributed by atoms with Gasteiger partial charge in [-0.15, -0.1) is 6.58 Å². The van der Waals surface area contributed by atoms with E-state index >= 15 is 9.59 Å². The van der Waals surface area contributed by atoms with Crippen molar-refractivity contribution in [2.75, 3.05) is 13.6 Å². The second kappa shape index (κ2) is 16.6. The van der Waals surface area contributed by atoms with Gasteiger partial charge >= 0.3 is 6.09 Å². The van der Waals surface area contributed by atoms with Crippen molar-refractivity contribution in [2.45, 2.75) is 194 Å². The summed E-state index contributed by atoms with van der Waals surface area (Å²) in [5, 5.41) is 7.07. The van der Waals surface area contributed by atoms with E-state index < -0.39 is 67.2 Å². The predicted molar refractivity (Wildman–Crippen MR) is 250 cm³/mol. The van der Waals surface area contributed by atoms with Gasteiger partial charge in [0, 0.05) is 35.2 Å². The topological polar surface area (TPSA) is 186 Å². The molecule has 8 fully saturated rings. The van der Waals surface area contributed by atoms with Crippen LogP contribution in [0.1, 0.15) is 141 Å². The van der Waals surface area contributed by atoms with Crippen molar-refractivity contribution in [1.29, 1.82) is 0 Å². The number of nitrogens with one attached hydrogen (secondary N) is 3. The maximum absolute atomic E-state index is 15.6. The minimum atomic E-state index is -4.03. The highest BCUT2D eigenvalue weighted by atomic mass is 32.2. The molecule has 4 aliphatic heterocycles. The third kappa shape index (κ3) is 7.78. The standard InChI is InChI=1S/C51H68N6O9S/c1-4-32-19-22-50(32,45(59)55-67(62,63)48(2)23-24-48)53-43(58)40-28-36-29-57(40)46(60)51(30-49(51)20-11-6-12-21-49)54-47(61)66-41-25-31(41)13-7-5-8-15-38-42(37-14-9-10-16-39(37)52-44(38)65-36)64-35-26-33-17-18-34(27-35)56(33)3/h4,9-10,14,16,31-36,40-41H,1,5-8,11-13,15,17-30H2,2-3H3,(H,53,58)(H,54,61)(H,55,59). The first-order valence-electron chi connectivity index (χ1n) is 25.5. The number of alkyl carbamates (subject to hydrolysis) is 1. The summed E-state index contributed by atoms with van der Waals surface area (Å²) in [5.74, 6) is -0.806. The van der Waals surface area contributed by atoms with Gasteiger partial charge in [0.15, 0.2) is 0 Å². The Balaban J connectivity index is 0.960. The van der Waals surface area contributed by atoms with Crippen LogP contribution in [-0.4, -0.2) is 113 Å². The molecule has 3 saturated heterocycles. The van der Waals surface area contributed by atoms with Crippen molar-refractivity contribution in [3.8, 4) is 11.6 Å². The zero-order valence-electron chi connectivity index (χ0n) is 39.2. The monoisotopic (exact) mass is 940 g/mol. The Labute approximate surface area is 394 Å². The summed E-state index contributed by atoms with van der Waals surface area (Å²) in [5.41, 5.74) is -1.72. The molecule has 1 aromatic heterocycles. The van der Waals surface area contributed by atoms with Crippen LogP contribution < -0.4 is 24.8 Å². The second-order valence-corrected chi connectivity index (χ2v) is 24.5. The summed E-state index contributed by atoms with van der Waals surface area (Å²) in [6, 6.07) is 7.85. The number of sulfonamides is 1. The van der Waals surface area contributed by atoms with Gasteiger partial charge in [-0.05, 0) is 128 Å². The summed E-state index contributed by atoms with van der Waals surface area (Å²) in [4.78, 5) is 68.0. The van der Waals surface area contributed by atoms with Crippen molar-refractivity contribution >= 4 is 44.7 Å². The lowest BCUT2D eigenvalue weighted by Gasteiger charge is -2.47. The highest BCUT2D eigenvalue weighted by Crippen LogP contribution is 2.65. The Morgan fingerprint density at radius 3 is 2.39 bits per heavy atom. The molecule has 4 amide bonds. The predicted octanol–water partition coefficient (Wildman–Crippen LogP) is 6.36. The Morgan fingerprint density at radius 2 is 1.67 bits per heavy atom. The van der Waals surface area contributed by atoms with Crippen LogP contribution in [0.15, 0.2) is 36.9 Å². The van der Waals surface area contributed by atoms with E-state index in [2.05, 4.69) is 39.9 Å². The second-order valence-electron chi connectivity index (χ2n) is 22.3. The Hall–Kier alpha value is -4.44. The number of ether oxygens (including phenoxy) is 3. The van der Waals surface area contributed by atoms with Gasteiger partial charge in [-0.2, -0.15) is 0 Å². The molecule has 5 aliphatic carbocycles. The van der Waals surface area contributed by atoms with Crippen LogP contribution >= 0.6 is 0 Å². The molecule has 16 heteroatoms. The molecule has 9 unspecified atom stereocenters. The minimum absolute atomic E-state index is 0.0233. The average Bonchev–Trinajstić information content (AvgIpc) is 4.25. The number of hydrogen-bond donors (Lipinski definition) is 3. The van der Waals surface area contributed by atoms with Gasteiger partial charge in [-0.25, -0.2) is 18.2 Å². The first-order valence-corrected chi connectivity index (χ1v) is 26.9. The molecule has 3 N–H and O–H groups in total. The number of carbonyl (C=O) groups is 4. The molecule has 2 aromatic rings. The van der Waals surface area contributed by atoms with Crippen LogP contribution in [0.5, 0.6) is 11.6 Å². The average molecular weight is 941 g/mol. The number of piperidine rings is 1. The van der Waals surface area contributed by atoms with E-state index in [4.69, 9.17) is 19.2 Å². The number of hydrogen-bond acceptors (Lipinski definition) is 11. The van der Waals surface area contributed by atoms with Crippen LogP contribution in [0.25, 0.3) is 10.9 Å². The van der Waals surface area contributed by atoms with Crippen LogP contribution in [0, 0.1) is 17.3 Å². The molecule has 4 bridgehead atoms. The van der Waals surface area contributed by atoms with E-state index in [0.29, 0.717) is 50.1 Å². The van der Waals surface area contributed by atoms with Crippen LogP contribution in [0.2, 0.25) is 0 Å². The smallest absolute Gasteiger partial charge is 0.408 e. The van der Waals surface area contributed by atoms with Gasteiger partial charge in [0.2, 0.25) is 27.7 Å². The first-order chi connectivity index (χ1) is 32.2. The van der Waals surface area contributed by atoms with Gasteiger partial charge in [-0.3, -0.25) is 19.1 Å². The third-order valence-corrected chi connectivity index (χ3v) is 20.3. The van der Waals surface area contributed by atoms with Gasteiger partial charge in [0.1, 0.15) is 41.2 Å². The fourth-order valence-electron chi connectivity index (χ4n) is 13.3. The van der Waals surface area contributed by atoms with E-state index in [9.17, 15) is 18.0 Å². The number of aromatic nitrogens is 1. The molecule has 9 atom stereocenters. The normalized spacial score (nSPS) is 36.5. The van der Waals surface area contributed by atoms with E-state index in [0.717, 1.165) is 99.3 Å². The maximum Gasteiger partial charge on any atom is 0.408 e. The SMILES string of the molecule is C=CC1CCC1(NC(=O)C1CC2CN1C(=O)C1(CC13CCCCC3)NC(=O)OC1CC1CCCCCc1c(nc3ccccc3c1OC1CC3CCC(C1)N3C)O2)C(=O)NS(=O)(=O)C1(C)CC1. The van der Waals surface area contributed by atoms with Gasteiger partial charge < -0.3 is 34.6 Å². The van der Waals surface area contributed by atoms with E-state index in [1.165, 1.54) is 12.8 Å². The van der Waals surface area contributed by atoms with Crippen LogP contribution in [0.3, 0.4) is 0 Å². The zero-order valence-corrected chi connectivity index (χ0v) is 40.0. The molecule has 5 heterocycles. The lowest BCUT2D eigenvalue weighted by molar-refractivity contribution is -0.145. The number of pyridine rings is 1. The summed E-state index contributed by atoms with van der Waals surface area (Å²) in [7, 11) is -1.80. The Bertz CT molecular complexity index is 2460. The number of nitrogens with zero attached hydrogens (tertiary/aromatic N) is 3. The molecule has 2 spiro atoms. The van der Waals surface area contributed by atoms with Crippen LogP contribution in [-0.2, 0) is 35.6 Å². The molecule has 1 aromatic carbocycles. The van der Waals surface area contributed by atoms with Crippen molar-refractivity contribution in [2.24, 2.45) is 17.3 Å². The maximum atomic E-state index is 15.6. The van der Waals surface area contributed by atoms with Gasteiger partial charge in [-0.1, -0.05) is 50.3 Å². The van der Waals surface area contributed by atoms with E-state index in [1.54, 1.807) is 17.9 Å². The van der Waals surface area contributed by atoms with Crippen molar-refractivity contribution < 1.29 is 41.8 Å². The van der Waals surface area contributed by atoms with Crippen molar-refractivity contribution in [3.05, 3.63) is 42.5 Å². The minimum Gasteiger partial charge on any atom is -0.489 e. The number of fused-ring (bicyclic) bond motifs is 8. The molecule has 9 aliphatic rings. The largest absolute Gasteiger partial charge is 0.489 e. The lowest BCUT2D eigenvalue weighted by Crippen LogP contribution is -2.70. The highest BCUT2D eigenvalue weighted by Gasteiger charge is 2.74. The van der Waals surface area contributed by atoms with Gasteiger partial charge in [0.25, 0.3) is 5.91 Å². The molecule has 67 heavy (non-hydrogen) atoms. The van der Waals surface area contributed by atoms with Crippen molar-refractivity contribution in [1.82, 2.24) is 30.1 Å². The van der Waals surface area contributed by atoms with E-state index in [-0.39, 0.29) is 43.4 Å². The lowest BCUT2D eigenvalue weighted by atomic mass is 9.66. The van der Waals surface area contributed by atoms with Gasteiger partial charge in [0.05, 0.1) is 22.4 Å². The molecular weight excluding hydrogens is 873 g/mol. The number of para-hydroxylation sites is 1. The zero-order chi connectivity index (χ0) is 46.5. The molecule has 5 saturated carbocycles. The number of amides is 4. The number of benzene rings is 1. The molecule has 0 radical (unpaired) electrons. The quantitative estimate of drug-likeness (QED) is 0.250. The van der Waals surface area contributed by atoms with E-state index in [1.807, 2.05) is 18.2 Å². The summed E-state index contributed by atoms with van der Waals surface area (Å²) >= 11 is 0. The summed E-state index contributed by atoms with van der Waals surface area (Å²) in [6.07, 6.45) is 16.1. The summed E-state index contributed by atoms with van der Waals surface area (Å²) in [6.45, 7) is 5.58. The highest BCUT2D eigenvalue weighted by molar-refractivity contribution is 7.91. The molecule has 15 nitrogen and oxygen atoms in total. The number of rotatable bonds is 8. The fraction of sp³-hybridized carbons (Fsp3) is 0.706. The van der Waals surface area contributed by atoms with Crippen molar-refractivity contribution in [3.63, 3.8) is 0 Å². The molecular formula is C51H68N6O9S. The van der Waals surface area contributed by atoms with Crippen LogP contribution in [0.4, 0.5) is 4.79 Å².